The van der Waals surface area contributed by atoms with Gasteiger partial charge in [-0.1, -0.05) is 13.8 Å². The number of aromatic nitrogens is 3. The molecule has 2 atom stereocenters. The number of carbonyl (C=O) groups excluding carboxylic acids is 1. The molecule has 2 aliphatic rings. The molecule has 0 spiro atoms. The number of likely N-dealkylation sites (tertiary alicyclic amines) is 1. The fraction of sp³-hybridized carbons (Fsp3) is 0.632. The molecule has 128 valence electrons. The van der Waals surface area contributed by atoms with E-state index in [1.54, 1.807) is 0 Å². The van der Waals surface area contributed by atoms with Gasteiger partial charge in [-0.2, -0.15) is 5.10 Å². The maximum absolute atomic E-state index is 13.3. The topological polar surface area (TPSA) is 51.0 Å². The second kappa shape index (κ2) is 5.57. The van der Waals surface area contributed by atoms with Crippen LogP contribution in [0.2, 0.25) is 0 Å². The Morgan fingerprint density at radius 2 is 1.88 bits per heavy atom. The van der Waals surface area contributed by atoms with Gasteiger partial charge in [0.2, 0.25) is 0 Å². The molecular formula is C19H26N4O. The molecule has 5 nitrogen and oxygen atoms in total. The lowest BCUT2D eigenvalue weighted by Gasteiger charge is -2.35. The Morgan fingerprint density at radius 1 is 1.21 bits per heavy atom. The molecule has 2 fully saturated rings. The Bertz CT molecular complexity index is 795. The van der Waals surface area contributed by atoms with Crippen LogP contribution in [-0.4, -0.2) is 38.7 Å². The van der Waals surface area contributed by atoms with Gasteiger partial charge in [-0.3, -0.25) is 9.48 Å². The average molecular weight is 326 g/mol. The van der Waals surface area contributed by atoms with Gasteiger partial charge >= 0.3 is 0 Å². The van der Waals surface area contributed by atoms with Crippen molar-refractivity contribution in [2.75, 3.05) is 13.1 Å². The second-order valence-corrected chi connectivity index (χ2v) is 7.93. The fourth-order valence-electron chi connectivity index (χ4n) is 4.22. The number of pyridine rings is 1. The zero-order chi connectivity index (χ0) is 17.0. The average Bonchev–Trinajstić information content (AvgIpc) is 3.32. The minimum atomic E-state index is 0.152. The SMILES string of the molecule is Cc1nn(C)c2nc(C3CC3)cc(C(=O)N3C[C@H](C)C[C@@H](C)C3)c12. The lowest BCUT2D eigenvalue weighted by molar-refractivity contribution is 0.0625. The molecule has 2 aromatic heterocycles. The van der Waals surface area contributed by atoms with Gasteiger partial charge in [0.25, 0.3) is 5.91 Å². The van der Waals surface area contributed by atoms with E-state index in [2.05, 4.69) is 18.9 Å². The van der Waals surface area contributed by atoms with Crippen molar-refractivity contribution in [1.82, 2.24) is 19.7 Å². The first-order valence-corrected chi connectivity index (χ1v) is 9.07. The molecule has 0 unspecified atom stereocenters. The number of fused-ring (bicyclic) bond motifs is 1. The Labute approximate surface area is 143 Å². The van der Waals surface area contributed by atoms with Crippen LogP contribution in [0, 0.1) is 18.8 Å². The molecule has 2 aromatic rings. The van der Waals surface area contributed by atoms with Gasteiger partial charge in [0.05, 0.1) is 16.6 Å². The fourth-order valence-corrected chi connectivity index (χ4v) is 4.22. The number of aryl methyl sites for hydroxylation is 2. The summed E-state index contributed by atoms with van der Waals surface area (Å²) in [7, 11) is 1.91. The van der Waals surface area contributed by atoms with Crippen LogP contribution in [0.15, 0.2) is 6.07 Å². The lowest BCUT2D eigenvalue weighted by Crippen LogP contribution is -2.42. The van der Waals surface area contributed by atoms with Gasteiger partial charge in [-0.05, 0) is 44.1 Å². The molecule has 1 aliphatic heterocycles. The van der Waals surface area contributed by atoms with Gasteiger partial charge < -0.3 is 4.90 Å². The summed E-state index contributed by atoms with van der Waals surface area (Å²) in [5, 5.41) is 5.44. The molecule has 1 saturated heterocycles. The van der Waals surface area contributed by atoms with Crippen molar-refractivity contribution in [3.8, 4) is 0 Å². The quantitative estimate of drug-likeness (QED) is 0.851. The normalized spacial score (nSPS) is 24.6. The zero-order valence-corrected chi connectivity index (χ0v) is 15.0. The van der Waals surface area contributed by atoms with Crippen LogP contribution < -0.4 is 0 Å². The number of nitrogens with zero attached hydrogens (tertiary/aromatic N) is 4. The number of carbonyl (C=O) groups is 1. The van der Waals surface area contributed by atoms with E-state index in [0.717, 1.165) is 41.1 Å². The molecule has 1 aliphatic carbocycles. The highest BCUT2D eigenvalue weighted by atomic mass is 16.2. The smallest absolute Gasteiger partial charge is 0.254 e. The minimum Gasteiger partial charge on any atom is -0.338 e. The van der Waals surface area contributed by atoms with Crippen molar-refractivity contribution in [3.05, 3.63) is 23.0 Å². The molecule has 1 saturated carbocycles. The second-order valence-electron chi connectivity index (χ2n) is 7.93. The van der Waals surface area contributed by atoms with E-state index in [1.165, 1.54) is 19.3 Å². The Morgan fingerprint density at radius 3 is 2.50 bits per heavy atom. The molecule has 5 heteroatoms. The number of piperidine rings is 1. The molecule has 0 aromatic carbocycles. The predicted molar refractivity (Wildman–Crippen MR) is 94.1 cm³/mol. The van der Waals surface area contributed by atoms with Crippen LogP contribution in [0.5, 0.6) is 0 Å². The van der Waals surface area contributed by atoms with E-state index in [-0.39, 0.29) is 5.91 Å². The standard InChI is InChI=1S/C19H26N4O/c1-11-7-12(2)10-23(9-11)19(24)15-8-16(14-5-6-14)20-18-17(15)13(3)21-22(18)4/h8,11-12,14H,5-7,9-10H2,1-4H3/t11-,12-/m1/s1. The van der Waals surface area contributed by atoms with Crippen LogP contribution in [0.1, 0.15) is 60.8 Å². The number of amides is 1. The number of rotatable bonds is 2. The maximum atomic E-state index is 13.3. The summed E-state index contributed by atoms with van der Waals surface area (Å²) in [5.74, 6) is 1.80. The molecule has 0 N–H and O–H groups in total. The highest BCUT2D eigenvalue weighted by Crippen LogP contribution is 2.40. The van der Waals surface area contributed by atoms with Crippen molar-refractivity contribution in [1.29, 1.82) is 0 Å². The largest absolute Gasteiger partial charge is 0.338 e. The number of hydrogen-bond acceptors (Lipinski definition) is 3. The summed E-state index contributed by atoms with van der Waals surface area (Å²) in [6, 6.07) is 2.04. The van der Waals surface area contributed by atoms with E-state index < -0.39 is 0 Å². The van der Waals surface area contributed by atoms with Crippen LogP contribution in [0.25, 0.3) is 11.0 Å². The molecule has 1 amide bonds. The first-order chi connectivity index (χ1) is 11.4. The van der Waals surface area contributed by atoms with E-state index in [4.69, 9.17) is 4.98 Å². The van der Waals surface area contributed by atoms with Crippen molar-refractivity contribution < 1.29 is 4.79 Å². The van der Waals surface area contributed by atoms with E-state index in [9.17, 15) is 4.79 Å². The molecule has 4 rings (SSSR count). The summed E-state index contributed by atoms with van der Waals surface area (Å²) in [5.41, 5.74) is 3.60. The van der Waals surface area contributed by atoms with Crippen LogP contribution in [0.3, 0.4) is 0 Å². The zero-order valence-electron chi connectivity index (χ0n) is 15.0. The maximum Gasteiger partial charge on any atom is 0.254 e. The third kappa shape index (κ3) is 2.60. The third-order valence-electron chi connectivity index (χ3n) is 5.37. The molecule has 24 heavy (non-hydrogen) atoms. The first-order valence-electron chi connectivity index (χ1n) is 9.07. The van der Waals surface area contributed by atoms with Gasteiger partial charge in [0.1, 0.15) is 0 Å². The van der Waals surface area contributed by atoms with E-state index >= 15 is 0 Å². The highest BCUT2D eigenvalue weighted by molar-refractivity contribution is 6.06. The third-order valence-corrected chi connectivity index (χ3v) is 5.37. The van der Waals surface area contributed by atoms with Crippen molar-refractivity contribution in [2.45, 2.75) is 46.0 Å². The Balaban J connectivity index is 1.81. The van der Waals surface area contributed by atoms with Gasteiger partial charge in [-0.25, -0.2) is 4.98 Å². The van der Waals surface area contributed by atoms with Gasteiger partial charge in [-0.15, -0.1) is 0 Å². The number of hydrogen-bond donors (Lipinski definition) is 0. The van der Waals surface area contributed by atoms with Gasteiger partial charge in [0.15, 0.2) is 5.65 Å². The summed E-state index contributed by atoms with van der Waals surface area (Å²) in [6.07, 6.45) is 3.57. The molecule has 3 heterocycles. The van der Waals surface area contributed by atoms with Crippen LogP contribution >= 0.6 is 0 Å². The van der Waals surface area contributed by atoms with Crippen LogP contribution in [0.4, 0.5) is 0 Å². The Hall–Kier alpha value is -1.91. The lowest BCUT2D eigenvalue weighted by atomic mass is 9.91. The monoisotopic (exact) mass is 326 g/mol. The summed E-state index contributed by atoms with van der Waals surface area (Å²) in [6.45, 7) is 8.15. The minimum absolute atomic E-state index is 0.152. The molecular weight excluding hydrogens is 300 g/mol. The van der Waals surface area contributed by atoms with Crippen LogP contribution in [-0.2, 0) is 7.05 Å². The molecule has 0 radical (unpaired) electrons. The van der Waals surface area contributed by atoms with E-state index in [0.29, 0.717) is 17.8 Å². The van der Waals surface area contributed by atoms with Crippen molar-refractivity contribution in [3.63, 3.8) is 0 Å². The van der Waals surface area contributed by atoms with Gasteiger partial charge in [0, 0.05) is 31.7 Å². The van der Waals surface area contributed by atoms with E-state index in [1.807, 2.05) is 29.6 Å². The summed E-state index contributed by atoms with van der Waals surface area (Å²) in [4.78, 5) is 20.2. The highest BCUT2D eigenvalue weighted by Gasteiger charge is 2.31. The first kappa shape index (κ1) is 15.6. The summed E-state index contributed by atoms with van der Waals surface area (Å²) >= 11 is 0. The summed E-state index contributed by atoms with van der Waals surface area (Å²) < 4.78 is 1.81. The predicted octanol–water partition coefficient (Wildman–Crippen LogP) is 3.27. The van der Waals surface area contributed by atoms with Crippen molar-refractivity contribution >= 4 is 16.9 Å². The molecule has 0 bridgehead atoms. The Kier molecular flexibility index (Phi) is 3.62. The van der Waals surface area contributed by atoms with Crippen molar-refractivity contribution in [2.24, 2.45) is 18.9 Å².